The third kappa shape index (κ3) is 7.21. The first kappa shape index (κ1) is 34.6. The Hall–Kier alpha value is -5.22. The quantitative estimate of drug-likeness (QED) is 0.162. The number of aromatic nitrogens is 2. The SMILES string of the molecule is CC(C)(c1ccccc1)c1cc[c-]c(-c2cc(-c3ccc(F)cc3)ccn2)c1.Cc1ccc(-c2[c-]ccc3c2oc2cc(C)ccc23)nc1.[Ir]. The summed E-state index contributed by atoms with van der Waals surface area (Å²) in [6, 6.07) is 48.1. The van der Waals surface area contributed by atoms with Crippen LogP contribution in [0, 0.1) is 31.8 Å². The number of furan rings is 1. The first-order valence-corrected chi connectivity index (χ1v) is 16.3. The van der Waals surface area contributed by atoms with Crippen LogP contribution in [0.15, 0.2) is 144 Å². The number of fused-ring (bicyclic) bond motifs is 3. The number of pyridine rings is 2. The second-order valence-electron chi connectivity index (χ2n) is 12.8. The average molecular weight is 831 g/mol. The number of aryl methyl sites for hydroxylation is 2. The average Bonchev–Trinajstić information content (AvgIpc) is 3.51. The Morgan fingerprint density at radius 1 is 0.640 bits per heavy atom. The van der Waals surface area contributed by atoms with E-state index in [4.69, 9.17) is 4.42 Å². The zero-order valence-corrected chi connectivity index (χ0v) is 30.7. The van der Waals surface area contributed by atoms with Crippen LogP contribution in [0.5, 0.6) is 0 Å². The fraction of sp³-hybridized carbons (Fsp3) is 0.111. The molecule has 0 aliphatic carbocycles. The molecule has 3 heterocycles. The van der Waals surface area contributed by atoms with E-state index in [9.17, 15) is 4.39 Å². The molecule has 0 N–H and O–H groups in total. The van der Waals surface area contributed by atoms with Gasteiger partial charge in [-0.05, 0) is 82.7 Å². The second-order valence-corrected chi connectivity index (χ2v) is 12.8. The van der Waals surface area contributed by atoms with Gasteiger partial charge >= 0.3 is 0 Å². The molecule has 0 aliphatic rings. The van der Waals surface area contributed by atoms with E-state index in [1.54, 1.807) is 18.3 Å². The molecule has 3 nitrogen and oxygen atoms in total. The minimum absolute atomic E-state index is 0. The minimum atomic E-state index is -0.234. The second kappa shape index (κ2) is 14.7. The summed E-state index contributed by atoms with van der Waals surface area (Å²) >= 11 is 0. The maximum atomic E-state index is 13.2. The normalized spacial score (nSPS) is 11.1. The zero-order valence-electron chi connectivity index (χ0n) is 28.3. The fourth-order valence-corrected chi connectivity index (χ4v) is 6.08. The van der Waals surface area contributed by atoms with Crippen LogP contribution in [0.1, 0.15) is 36.1 Å². The summed E-state index contributed by atoms with van der Waals surface area (Å²) in [5.41, 5.74) is 12.0. The van der Waals surface area contributed by atoms with Crippen molar-refractivity contribution in [2.75, 3.05) is 0 Å². The van der Waals surface area contributed by atoms with E-state index in [2.05, 4.69) is 104 Å². The molecule has 0 bridgehead atoms. The van der Waals surface area contributed by atoms with Crippen molar-refractivity contribution >= 4 is 21.9 Å². The monoisotopic (exact) mass is 831 g/mol. The Morgan fingerprint density at radius 2 is 1.40 bits per heavy atom. The molecule has 0 atom stereocenters. The van der Waals surface area contributed by atoms with E-state index < -0.39 is 0 Å². The molecule has 5 heteroatoms. The Labute approximate surface area is 306 Å². The summed E-state index contributed by atoms with van der Waals surface area (Å²) in [4.78, 5) is 9.04. The molecule has 0 amide bonds. The number of hydrogen-bond donors (Lipinski definition) is 0. The Bertz CT molecular complexity index is 2380. The third-order valence-corrected chi connectivity index (χ3v) is 8.99. The molecule has 0 spiro atoms. The maximum Gasteiger partial charge on any atom is 0.123 e. The van der Waals surface area contributed by atoms with E-state index in [0.717, 1.165) is 61.1 Å². The van der Waals surface area contributed by atoms with Crippen LogP contribution in [-0.4, -0.2) is 9.97 Å². The van der Waals surface area contributed by atoms with Crippen LogP contribution < -0.4 is 0 Å². The van der Waals surface area contributed by atoms with E-state index in [1.165, 1.54) is 28.8 Å². The van der Waals surface area contributed by atoms with Gasteiger partial charge in [0.25, 0.3) is 0 Å². The predicted molar refractivity (Wildman–Crippen MR) is 198 cm³/mol. The van der Waals surface area contributed by atoms with Crippen molar-refractivity contribution in [1.29, 1.82) is 0 Å². The van der Waals surface area contributed by atoms with E-state index >= 15 is 0 Å². The molecule has 0 aliphatic heterocycles. The molecule has 5 aromatic carbocycles. The summed E-state index contributed by atoms with van der Waals surface area (Å²) in [7, 11) is 0. The van der Waals surface area contributed by atoms with Crippen molar-refractivity contribution in [1.82, 2.24) is 9.97 Å². The number of rotatable bonds is 5. The summed E-state index contributed by atoms with van der Waals surface area (Å²) in [6.45, 7) is 8.56. The van der Waals surface area contributed by atoms with Gasteiger partial charge in [-0.15, -0.1) is 53.6 Å². The van der Waals surface area contributed by atoms with Gasteiger partial charge in [0.05, 0.1) is 5.58 Å². The van der Waals surface area contributed by atoms with Crippen LogP contribution >= 0.6 is 0 Å². The minimum Gasteiger partial charge on any atom is -0.501 e. The number of halogens is 1. The van der Waals surface area contributed by atoms with Crippen molar-refractivity contribution in [3.63, 3.8) is 0 Å². The fourth-order valence-electron chi connectivity index (χ4n) is 6.08. The van der Waals surface area contributed by atoms with Gasteiger partial charge in [0.15, 0.2) is 0 Å². The molecule has 0 unspecified atom stereocenters. The molecular weight excluding hydrogens is 796 g/mol. The van der Waals surface area contributed by atoms with Crippen LogP contribution in [0.4, 0.5) is 4.39 Å². The van der Waals surface area contributed by atoms with Crippen LogP contribution in [0.25, 0.3) is 55.6 Å². The van der Waals surface area contributed by atoms with Crippen molar-refractivity contribution in [3.8, 4) is 33.6 Å². The van der Waals surface area contributed by atoms with Crippen molar-refractivity contribution in [3.05, 3.63) is 180 Å². The Balaban J connectivity index is 0.000000176. The van der Waals surface area contributed by atoms with Gasteiger partial charge in [0.1, 0.15) is 11.4 Å². The Kier molecular flexibility index (Phi) is 10.2. The van der Waals surface area contributed by atoms with Gasteiger partial charge in [0, 0.05) is 37.9 Å². The van der Waals surface area contributed by atoms with Crippen LogP contribution in [0.3, 0.4) is 0 Å². The van der Waals surface area contributed by atoms with Crippen LogP contribution in [-0.2, 0) is 25.5 Å². The van der Waals surface area contributed by atoms with Gasteiger partial charge in [-0.25, -0.2) is 4.39 Å². The molecule has 0 saturated carbocycles. The van der Waals surface area contributed by atoms with E-state index in [-0.39, 0.29) is 31.3 Å². The van der Waals surface area contributed by atoms with Gasteiger partial charge < -0.3 is 14.4 Å². The number of hydrogen-bond acceptors (Lipinski definition) is 3. The molecule has 1 radical (unpaired) electrons. The standard InChI is InChI=1S/C26H21FN.C19H14NO.Ir/c1-26(2,22-8-4-3-5-9-22)23-10-6-7-21(17-23)25-18-20(15-16-28-25)19-11-13-24(27)14-12-19;1-12-6-8-14-15-4-3-5-16(19(15)21-18(14)10-12)17-9-7-13(2)11-20-17;/h3-6,8-18H,1-2H3;3-4,6-11H,1-2H3;/q2*-1;. The molecule has 8 aromatic rings. The molecule has 249 valence electrons. The predicted octanol–water partition coefficient (Wildman–Crippen LogP) is 11.7. The van der Waals surface area contributed by atoms with Crippen LogP contribution in [0.2, 0.25) is 0 Å². The van der Waals surface area contributed by atoms with Gasteiger partial charge in [0.2, 0.25) is 0 Å². The number of benzene rings is 5. The molecule has 0 fully saturated rings. The largest absolute Gasteiger partial charge is 0.501 e. The number of nitrogens with zero attached hydrogens (tertiary/aromatic N) is 2. The van der Waals surface area contributed by atoms with Gasteiger partial charge in [-0.3, -0.25) is 0 Å². The van der Waals surface area contributed by atoms with Gasteiger partial charge in [-0.2, -0.15) is 0 Å². The molecular formula is C45H35FIrN2O-2. The molecule has 3 aromatic heterocycles. The van der Waals surface area contributed by atoms with E-state index in [0.29, 0.717) is 0 Å². The van der Waals surface area contributed by atoms with Crippen molar-refractivity contribution in [2.45, 2.75) is 33.1 Å². The zero-order chi connectivity index (χ0) is 34.0. The topological polar surface area (TPSA) is 38.9 Å². The maximum absolute atomic E-state index is 13.2. The summed E-state index contributed by atoms with van der Waals surface area (Å²) in [6.07, 6.45) is 3.66. The first-order valence-electron chi connectivity index (χ1n) is 16.3. The van der Waals surface area contributed by atoms with Gasteiger partial charge in [-0.1, -0.05) is 97.6 Å². The van der Waals surface area contributed by atoms with Crippen molar-refractivity contribution < 1.29 is 28.9 Å². The smallest absolute Gasteiger partial charge is 0.123 e. The van der Waals surface area contributed by atoms with Crippen molar-refractivity contribution in [2.24, 2.45) is 0 Å². The van der Waals surface area contributed by atoms with E-state index in [1.807, 2.05) is 55.6 Å². The molecule has 8 rings (SSSR count). The molecule has 50 heavy (non-hydrogen) atoms. The summed E-state index contributed by atoms with van der Waals surface area (Å²) in [5, 5.41) is 2.25. The Morgan fingerprint density at radius 3 is 2.16 bits per heavy atom. The first-order chi connectivity index (χ1) is 23.8. The third-order valence-electron chi connectivity index (χ3n) is 8.99. The summed E-state index contributed by atoms with van der Waals surface area (Å²) in [5.74, 6) is -0.234. The summed E-state index contributed by atoms with van der Waals surface area (Å²) < 4.78 is 19.3. The molecule has 0 saturated heterocycles.